The van der Waals surface area contributed by atoms with Crippen molar-refractivity contribution in [2.24, 2.45) is 9.50 Å². The van der Waals surface area contributed by atoms with Crippen molar-refractivity contribution in [3.8, 4) is 16.9 Å². The van der Waals surface area contributed by atoms with Crippen molar-refractivity contribution >= 4 is 9.92 Å². The van der Waals surface area contributed by atoms with E-state index < -0.39 is 9.92 Å². The van der Waals surface area contributed by atoms with Crippen LogP contribution in [-0.4, -0.2) is 23.2 Å². The Morgan fingerprint density at radius 2 is 1.81 bits per heavy atom. The maximum absolute atomic E-state index is 14.3. The number of benzene rings is 3. The van der Waals surface area contributed by atoms with Gasteiger partial charge in [-0.1, -0.05) is 45.0 Å². The van der Waals surface area contributed by atoms with Gasteiger partial charge < -0.3 is 9.74 Å². The third kappa shape index (κ3) is 6.04. The standard InChI is InChI=1S/C29H35FN4O2S/c1-18(2)25-14-23(22-10-7-19(3)27(30)16-22)15-26-20(4)13-28(32-36-29(25)26)33-37(31,35)24-11-8-21(9-12-24)17-34(5)6/h7-16,18,20,32H,17H2,1-6H3,(H2,31,33,35). The second-order valence-electron chi connectivity index (χ2n) is 10.2. The van der Waals surface area contributed by atoms with Crippen molar-refractivity contribution < 1.29 is 13.4 Å². The highest BCUT2D eigenvalue weighted by Gasteiger charge is 2.23. The molecule has 0 saturated heterocycles. The SMILES string of the molecule is Cc1ccc(-c2cc(C(C)C)c3c(c2)C(C)C=C(N=S(N)(=O)c2ccc(CN(C)C)cc2)NO3)cc1F. The van der Waals surface area contributed by atoms with Gasteiger partial charge in [0.1, 0.15) is 15.7 Å². The lowest BCUT2D eigenvalue weighted by Gasteiger charge is -2.19. The molecule has 6 nitrogen and oxygen atoms in total. The summed E-state index contributed by atoms with van der Waals surface area (Å²) in [5.74, 6) is 0.769. The number of nitrogens with one attached hydrogen (secondary N) is 1. The van der Waals surface area contributed by atoms with Crippen LogP contribution in [0.1, 0.15) is 54.9 Å². The van der Waals surface area contributed by atoms with Gasteiger partial charge in [-0.05, 0) is 85.6 Å². The molecular weight excluding hydrogens is 487 g/mol. The van der Waals surface area contributed by atoms with Crippen LogP contribution in [0.4, 0.5) is 4.39 Å². The van der Waals surface area contributed by atoms with E-state index in [-0.39, 0.29) is 17.7 Å². The van der Waals surface area contributed by atoms with E-state index in [9.17, 15) is 8.60 Å². The summed E-state index contributed by atoms with van der Waals surface area (Å²) in [4.78, 5) is 8.53. The minimum Gasteiger partial charge on any atom is -0.380 e. The first kappa shape index (κ1) is 26.9. The number of halogens is 1. The van der Waals surface area contributed by atoms with Crippen molar-refractivity contribution in [2.75, 3.05) is 14.1 Å². The van der Waals surface area contributed by atoms with Gasteiger partial charge in [-0.25, -0.2) is 19.2 Å². The number of aryl methyl sites for hydroxylation is 1. The molecule has 0 aromatic heterocycles. The van der Waals surface area contributed by atoms with Gasteiger partial charge in [-0.3, -0.25) is 0 Å². The molecule has 3 N–H and O–H groups in total. The monoisotopic (exact) mass is 522 g/mol. The summed E-state index contributed by atoms with van der Waals surface area (Å²) < 4.78 is 32.1. The zero-order valence-corrected chi connectivity index (χ0v) is 23.0. The lowest BCUT2D eigenvalue weighted by Crippen LogP contribution is -2.20. The third-order valence-corrected chi connectivity index (χ3v) is 7.84. The van der Waals surface area contributed by atoms with Gasteiger partial charge in [0.05, 0.1) is 4.90 Å². The molecule has 3 aromatic rings. The van der Waals surface area contributed by atoms with Gasteiger partial charge >= 0.3 is 0 Å². The smallest absolute Gasteiger partial charge is 0.167 e. The number of hydroxylamine groups is 1. The van der Waals surface area contributed by atoms with Crippen LogP contribution >= 0.6 is 0 Å². The average molecular weight is 523 g/mol. The summed E-state index contributed by atoms with van der Waals surface area (Å²) in [6.07, 6.45) is 1.85. The Balaban J connectivity index is 1.71. The van der Waals surface area contributed by atoms with E-state index in [0.717, 1.165) is 34.4 Å². The molecule has 0 bridgehead atoms. The van der Waals surface area contributed by atoms with Crippen molar-refractivity contribution in [1.29, 1.82) is 0 Å². The van der Waals surface area contributed by atoms with Crippen molar-refractivity contribution in [3.05, 3.63) is 94.6 Å². The first-order chi connectivity index (χ1) is 17.4. The predicted molar refractivity (Wildman–Crippen MR) is 148 cm³/mol. The summed E-state index contributed by atoms with van der Waals surface area (Å²) >= 11 is 0. The maximum Gasteiger partial charge on any atom is 0.167 e. The number of nitrogens with zero attached hydrogens (tertiary/aromatic N) is 2. The second-order valence-corrected chi connectivity index (χ2v) is 12.0. The van der Waals surface area contributed by atoms with Crippen molar-refractivity contribution in [2.45, 2.75) is 51.0 Å². The Morgan fingerprint density at radius 3 is 2.43 bits per heavy atom. The van der Waals surface area contributed by atoms with Gasteiger partial charge in [0.2, 0.25) is 0 Å². The molecule has 2 atom stereocenters. The minimum atomic E-state index is -3.21. The number of hydrogen-bond acceptors (Lipinski definition) is 5. The predicted octanol–water partition coefficient (Wildman–Crippen LogP) is 6.23. The molecular formula is C29H35FN4O2S. The lowest BCUT2D eigenvalue weighted by atomic mass is 9.88. The van der Waals surface area contributed by atoms with E-state index in [1.54, 1.807) is 31.2 Å². The highest BCUT2D eigenvalue weighted by atomic mass is 32.2. The van der Waals surface area contributed by atoms with E-state index in [1.165, 1.54) is 0 Å². The molecule has 1 aliphatic heterocycles. The van der Waals surface area contributed by atoms with E-state index in [0.29, 0.717) is 22.0 Å². The molecule has 196 valence electrons. The largest absolute Gasteiger partial charge is 0.380 e. The van der Waals surface area contributed by atoms with Crippen LogP contribution in [0.15, 0.2) is 75.8 Å². The number of allylic oxidation sites excluding steroid dienone is 1. The molecule has 0 saturated carbocycles. The minimum absolute atomic E-state index is 0.130. The molecule has 1 aliphatic rings. The van der Waals surface area contributed by atoms with Crippen LogP contribution in [0.2, 0.25) is 0 Å². The van der Waals surface area contributed by atoms with E-state index >= 15 is 0 Å². The van der Waals surface area contributed by atoms with E-state index in [1.807, 2.05) is 57.4 Å². The van der Waals surface area contributed by atoms with E-state index in [2.05, 4.69) is 28.6 Å². The fourth-order valence-electron chi connectivity index (χ4n) is 4.37. The first-order valence-electron chi connectivity index (χ1n) is 12.3. The van der Waals surface area contributed by atoms with Crippen LogP contribution in [0.25, 0.3) is 11.1 Å². The van der Waals surface area contributed by atoms with Gasteiger partial charge in [0, 0.05) is 23.6 Å². The number of nitrogens with two attached hydrogens (primary N) is 1. The topological polar surface area (TPSA) is 80.0 Å². The lowest BCUT2D eigenvalue weighted by molar-refractivity contribution is 0.226. The molecule has 8 heteroatoms. The number of rotatable bonds is 6. The Hall–Kier alpha value is -3.20. The van der Waals surface area contributed by atoms with Crippen molar-refractivity contribution in [3.63, 3.8) is 0 Å². The first-order valence-corrected chi connectivity index (χ1v) is 13.9. The van der Waals surface area contributed by atoms with Crippen molar-refractivity contribution in [1.82, 2.24) is 10.4 Å². The highest BCUT2D eigenvalue weighted by molar-refractivity contribution is 7.91. The summed E-state index contributed by atoms with van der Waals surface area (Å²) in [6.45, 7) is 8.71. The summed E-state index contributed by atoms with van der Waals surface area (Å²) in [7, 11) is 0.773. The van der Waals surface area contributed by atoms with E-state index in [4.69, 9.17) is 9.98 Å². The van der Waals surface area contributed by atoms with Gasteiger partial charge in [-0.15, -0.1) is 0 Å². The van der Waals surface area contributed by atoms with Gasteiger partial charge in [-0.2, -0.15) is 4.36 Å². The maximum atomic E-state index is 14.3. The number of fused-ring (bicyclic) bond motifs is 1. The van der Waals surface area contributed by atoms with Crippen LogP contribution in [0, 0.1) is 12.7 Å². The molecule has 0 amide bonds. The molecule has 0 radical (unpaired) electrons. The quantitative estimate of drug-likeness (QED) is 0.402. The Morgan fingerprint density at radius 1 is 1.11 bits per heavy atom. The van der Waals surface area contributed by atoms with Crippen LogP contribution in [0.5, 0.6) is 5.75 Å². The molecule has 2 unspecified atom stereocenters. The summed E-state index contributed by atoms with van der Waals surface area (Å²) in [6, 6.07) is 16.6. The second kappa shape index (κ2) is 10.7. The Kier molecular flexibility index (Phi) is 7.73. The zero-order chi connectivity index (χ0) is 26.9. The molecule has 3 aromatic carbocycles. The van der Waals surface area contributed by atoms with Crippen LogP contribution in [0.3, 0.4) is 0 Å². The Bertz CT molecular complexity index is 1460. The van der Waals surface area contributed by atoms with Gasteiger partial charge in [0.25, 0.3) is 0 Å². The highest BCUT2D eigenvalue weighted by Crippen LogP contribution is 2.40. The Labute approximate surface area is 219 Å². The molecule has 0 aliphatic carbocycles. The molecule has 1 heterocycles. The molecule has 4 rings (SSSR count). The normalized spacial score (nSPS) is 16.8. The summed E-state index contributed by atoms with van der Waals surface area (Å²) in [5, 5.41) is 6.21. The zero-order valence-electron chi connectivity index (χ0n) is 22.2. The fourth-order valence-corrected chi connectivity index (χ4v) is 5.39. The fraction of sp³-hybridized carbons (Fsp3) is 0.310. The number of hydrogen-bond donors (Lipinski definition) is 2. The van der Waals surface area contributed by atoms with Gasteiger partial charge in [0.15, 0.2) is 11.6 Å². The summed E-state index contributed by atoms with van der Waals surface area (Å²) in [5.41, 5.74) is 8.18. The van der Waals surface area contributed by atoms with Crippen LogP contribution in [-0.2, 0) is 16.5 Å². The average Bonchev–Trinajstić information content (AvgIpc) is 2.98. The molecule has 37 heavy (non-hydrogen) atoms. The van der Waals surface area contributed by atoms with Crippen LogP contribution < -0.4 is 15.5 Å². The molecule has 0 spiro atoms. The molecule has 0 fully saturated rings. The third-order valence-electron chi connectivity index (χ3n) is 6.42.